The van der Waals surface area contributed by atoms with Gasteiger partial charge in [0, 0.05) is 12.8 Å². The van der Waals surface area contributed by atoms with E-state index in [1.807, 2.05) is 0 Å². The van der Waals surface area contributed by atoms with Crippen LogP contribution in [0.5, 0.6) is 0 Å². The van der Waals surface area contributed by atoms with E-state index in [-0.39, 0.29) is 24.0 Å². The topological polar surface area (TPSA) is 68.2 Å². The summed E-state index contributed by atoms with van der Waals surface area (Å²) in [4.78, 5) is 0. The molecule has 2 N–H and O–H groups in total. The number of hydrogen-bond donors (Lipinski definition) is 2. The zero-order valence-electron chi connectivity index (χ0n) is 31.4. The molecule has 2 aliphatic rings. The molecule has 4 aromatic rings. The molecule has 0 saturated heterocycles. The first-order valence-corrected chi connectivity index (χ1v) is 19.4. The summed E-state index contributed by atoms with van der Waals surface area (Å²) in [6.45, 7) is 2.76. The fraction of sp³-hybridized carbons (Fsp3) is 0.417. The van der Waals surface area contributed by atoms with E-state index in [1.165, 1.54) is 60.8 Å². The number of rotatable bonds is 14. The molecule has 5 nitrogen and oxygen atoms in total. The van der Waals surface area contributed by atoms with E-state index in [0.29, 0.717) is 39.6 Å². The molecule has 6 rings (SSSR count). The van der Waals surface area contributed by atoms with Crippen LogP contribution in [0.25, 0.3) is 0 Å². The Kier molecular flexibility index (Phi) is 19.5. The maximum absolute atomic E-state index is 8.36. The lowest BCUT2D eigenvalue weighted by Gasteiger charge is -2.31. The summed E-state index contributed by atoms with van der Waals surface area (Å²) < 4.78 is 15.0. The van der Waals surface area contributed by atoms with Crippen LogP contribution in [0.2, 0.25) is 0 Å². The second-order valence-electron chi connectivity index (χ2n) is 13.3. The molecule has 4 aromatic carbocycles. The molecule has 0 radical (unpaired) electrons. The van der Waals surface area contributed by atoms with Crippen molar-refractivity contribution in [2.75, 3.05) is 52.9 Å². The molecule has 5 heteroatoms. The first kappa shape index (κ1) is 41.6. The molecule has 53 heavy (non-hydrogen) atoms. The van der Waals surface area contributed by atoms with E-state index in [4.69, 9.17) is 24.4 Å². The van der Waals surface area contributed by atoms with Crippen molar-refractivity contribution in [2.45, 2.75) is 75.0 Å². The molecule has 0 aromatic heterocycles. The molecule has 0 bridgehead atoms. The third-order valence-corrected chi connectivity index (χ3v) is 9.59. The predicted molar refractivity (Wildman–Crippen MR) is 216 cm³/mol. The van der Waals surface area contributed by atoms with E-state index in [9.17, 15) is 0 Å². The van der Waals surface area contributed by atoms with Crippen LogP contribution in [0.1, 0.15) is 86.5 Å². The van der Waals surface area contributed by atoms with Gasteiger partial charge in [-0.05, 0) is 47.9 Å². The highest BCUT2D eigenvalue weighted by atomic mass is 16.5. The highest BCUT2D eigenvalue weighted by molar-refractivity contribution is 5.49. The summed E-state index contributed by atoms with van der Waals surface area (Å²) in [5.41, 5.74) is 5.09. The van der Waals surface area contributed by atoms with Crippen molar-refractivity contribution in [1.29, 1.82) is 0 Å². The Hall–Kier alpha value is -4.20. The standard InChI is InChI=1S/2C20H20.C8H18O5/c2*1-2-10-16-20(17-11-3-1,18-12-6-4-7-13-18)19-14-8-5-9-15-19;9-1-3-11-5-7-13-8-6-12-4-2-10/h2*4-9,12-15H,1-3,10,16H2;9-10H,1-8H2. The summed E-state index contributed by atoms with van der Waals surface area (Å²) in [6, 6.07) is 43.1. The smallest absolute Gasteiger partial charge is 0.0811 e. The summed E-state index contributed by atoms with van der Waals surface area (Å²) >= 11 is 0. The normalized spacial score (nSPS) is 15.7. The molecule has 0 unspecified atom stereocenters. The SMILES string of the molecule is C1#CC(c2ccccc2)(c2ccccc2)CCCCC1.C1#CC(c2ccccc2)(c2ccccc2)CCCCC1.OCCOCCOCCOCCO. The van der Waals surface area contributed by atoms with Crippen LogP contribution in [0.15, 0.2) is 121 Å². The van der Waals surface area contributed by atoms with Crippen LogP contribution in [0, 0.1) is 23.7 Å². The average Bonchev–Trinajstić information content (AvgIpc) is 3.20. The molecule has 2 aliphatic carbocycles. The molecule has 0 heterocycles. The van der Waals surface area contributed by atoms with E-state index in [2.05, 4.69) is 145 Å². The molecule has 0 aliphatic heterocycles. The third-order valence-electron chi connectivity index (χ3n) is 9.59. The van der Waals surface area contributed by atoms with Crippen LogP contribution in [-0.4, -0.2) is 63.1 Å². The Labute approximate surface area is 318 Å². The monoisotopic (exact) mass is 714 g/mol. The van der Waals surface area contributed by atoms with Crippen LogP contribution in [0.3, 0.4) is 0 Å². The third kappa shape index (κ3) is 13.6. The summed E-state index contributed by atoms with van der Waals surface area (Å²) in [6.07, 6.45) is 11.9. The van der Waals surface area contributed by atoms with Crippen molar-refractivity contribution in [3.63, 3.8) is 0 Å². The maximum Gasteiger partial charge on any atom is 0.0811 e. The van der Waals surface area contributed by atoms with Crippen molar-refractivity contribution < 1.29 is 24.4 Å². The lowest BCUT2D eigenvalue weighted by Crippen LogP contribution is -2.26. The van der Waals surface area contributed by atoms with Gasteiger partial charge in [0.15, 0.2) is 0 Å². The predicted octanol–water partition coefficient (Wildman–Crippen LogP) is 8.90. The van der Waals surface area contributed by atoms with Crippen molar-refractivity contribution in [3.05, 3.63) is 144 Å². The zero-order valence-corrected chi connectivity index (χ0v) is 31.4. The molecule has 0 fully saturated rings. The minimum absolute atomic E-state index is 0.0413. The number of benzene rings is 4. The van der Waals surface area contributed by atoms with Gasteiger partial charge in [0.25, 0.3) is 0 Å². The Morgan fingerprint density at radius 2 is 0.698 bits per heavy atom. The Balaban J connectivity index is 0.000000183. The molecule has 0 spiro atoms. The molecule has 280 valence electrons. The lowest BCUT2D eigenvalue weighted by atomic mass is 9.71. The Morgan fingerprint density at radius 1 is 0.396 bits per heavy atom. The minimum atomic E-state index is -0.122. The van der Waals surface area contributed by atoms with Crippen molar-refractivity contribution in [3.8, 4) is 23.7 Å². The fourth-order valence-electron chi connectivity index (χ4n) is 6.87. The summed E-state index contributed by atoms with van der Waals surface area (Å²) in [5.74, 6) is 14.1. The lowest BCUT2D eigenvalue weighted by molar-refractivity contribution is 0.00230. The van der Waals surface area contributed by atoms with Gasteiger partial charge in [-0.3, -0.25) is 0 Å². The minimum Gasteiger partial charge on any atom is -0.394 e. The molecule has 0 atom stereocenters. The van der Waals surface area contributed by atoms with Gasteiger partial charge in [-0.1, -0.05) is 159 Å². The average molecular weight is 715 g/mol. The zero-order chi connectivity index (χ0) is 37.1. The first-order valence-electron chi connectivity index (χ1n) is 19.4. The van der Waals surface area contributed by atoms with Crippen molar-refractivity contribution >= 4 is 0 Å². The van der Waals surface area contributed by atoms with Crippen molar-refractivity contribution in [1.82, 2.24) is 0 Å². The molecular weight excluding hydrogens is 657 g/mol. The van der Waals surface area contributed by atoms with Gasteiger partial charge in [0.05, 0.1) is 63.7 Å². The molecule has 0 saturated carbocycles. The quantitative estimate of drug-likeness (QED) is 0.101. The van der Waals surface area contributed by atoms with Gasteiger partial charge >= 0.3 is 0 Å². The second-order valence-corrected chi connectivity index (χ2v) is 13.3. The number of aliphatic hydroxyl groups excluding tert-OH is 2. The number of ether oxygens (including phenoxy) is 3. The van der Waals surface area contributed by atoms with Gasteiger partial charge in [-0.2, -0.15) is 0 Å². The van der Waals surface area contributed by atoms with E-state index >= 15 is 0 Å². The Bertz CT molecular complexity index is 1430. The highest BCUT2D eigenvalue weighted by Crippen LogP contribution is 2.39. The van der Waals surface area contributed by atoms with Gasteiger partial charge in [-0.15, -0.1) is 11.8 Å². The van der Waals surface area contributed by atoms with Crippen LogP contribution in [0.4, 0.5) is 0 Å². The van der Waals surface area contributed by atoms with E-state index < -0.39 is 0 Å². The fourth-order valence-corrected chi connectivity index (χ4v) is 6.87. The second kappa shape index (κ2) is 24.9. The van der Waals surface area contributed by atoms with Gasteiger partial charge < -0.3 is 24.4 Å². The number of aliphatic hydroxyl groups is 2. The van der Waals surface area contributed by atoms with E-state index in [0.717, 1.165) is 25.7 Å². The molecular formula is C48H58O5. The first-order chi connectivity index (χ1) is 26.2. The Morgan fingerprint density at radius 3 is 1.00 bits per heavy atom. The van der Waals surface area contributed by atoms with Crippen molar-refractivity contribution in [2.24, 2.45) is 0 Å². The van der Waals surface area contributed by atoms with Gasteiger partial charge in [0.1, 0.15) is 0 Å². The van der Waals surface area contributed by atoms with Crippen LogP contribution < -0.4 is 0 Å². The largest absolute Gasteiger partial charge is 0.394 e. The highest BCUT2D eigenvalue weighted by Gasteiger charge is 2.33. The molecule has 0 amide bonds. The number of hydrogen-bond acceptors (Lipinski definition) is 5. The van der Waals surface area contributed by atoms with Crippen LogP contribution in [-0.2, 0) is 25.0 Å². The van der Waals surface area contributed by atoms with Crippen LogP contribution >= 0.6 is 0 Å². The summed E-state index contributed by atoms with van der Waals surface area (Å²) in [5, 5.41) is 16.7. The summed E-state index contributed by atoms with van der Waals surface area (Å²) in [7, 11) is 0. The maximum atomic E-state index is 8.36. The van der Waals surface area contributed by atoms with E-state index in [1.54, 1.807) is 0 Å². The van der Waals surface area contributed by atoms with Gasteiger partial charge in [-0.25, -0.2) is 0 Å². The van der Waals surface area contributed by atoms with Gasteiger partial charge in [0.2, 0.25) is 0 Å².